The maximum Gasteiger partial charge on any atom is 0.0723 e. The topological polar surface area (TPSA) is 28.7 Å². The van der Waals surface area contributed by atoms with Gasteiger partial charge in [-0.1, -0.05) is 18.2 Å². The summed E-state index contributed by atoms with van der Waals surface area (Å²) >= 11 is 0. The van der Waals surface area contributed by atoms with Crippen molar-refractivity contribution in [3.63, 3.8) is 0 Å². The van der Waals surface area contributed by atoms with Gasteiger partial charge in [-0.25, -0.2) is 0 Å². The Morgan fingerprint density at radius 3 is 2.93 bits per heavy atom. The predicted molar refractivity (Wildman–Crippen MR) is 58.3 cm³/mol. The zero-order chi connectivity index (χ0) is 9.54. The Balaban J connectivity index is 2.61. The van der Waals surface area contributed by atoms with Crippen molar-refractivity contribution in [1.82, 2.24) is 9.97 Å². The quantitative estimate of drug-likeness (QED) is 0.568. The number of hydrogen-bond donors (Lipinski definition) is 1. The fraction of sp³-hybridized carbons (Fsp3) is 0.0833. The maximum atomic E-state index is 4.42. The van der Waals surface area contributed by atoms with E-state index in [2.05, 4.69) is 23.0 Å². The number of hydrogen-bond acceptors (Lipinski definition) is 1. The molecule has 68 valence electrons. The highest BCUT2D eigenvalue weighted by Crippen LogP contribution is 2.24. The first-order valence-electron chi connectivity index (χ1n) is 4.68. The predicted octanol–water partition coefficient (Wildman–Crippen LogP) is 3.02. The first kappa shape index (κ1) is 7.56. The van der Waals surface area contributed by atoms with Crippen molar-refractivity contribution in [2.75, 3.05) is 0 Å². The molecular formula is C12H10N2. The van der Waals surface area contributed by atoms with Gasteiger partial charge < -0.3 is 4.98 Å². The lowest BCUT2D eigenvalue weighted by Gasteiger charge is -1.98. The van der Waals surface area contributed by atoms with Gasteiger partial charge in [0.05, 0.1) is 11.0 Å². The number of fused-ring (bicyclic) bond motifs is 3. The van der Waals surface area contributed by atoms with Crippen LogP contribution in [0.5, 0.6) is 0 Å². The van der Waals surface area contributed by atoms with Gasteiger partial charge in [0.25, 0.3) is 0 Å². The Bertz CT molecular complexity index is 608. The van der Waals surface area contributed by atoms with Gasteiger partial charge in [-0.3, -0.25) is 4.98 Å². The molecule has 0 amide bonds. The molecule has 1 N–H and O–H groups in total. The van der Waals surface area contributed by atoms with Gasteiger partial charge in [0, 0.05) is 23.2 Å². The minimum absolute atomic E-state index is 1.04. The number of para-hydroxylation sites is 1. The molecule has 0 aliphatic heterocycles. The highest BCUT2D eigenvalue weighted by Gasteiger charge is 2.03. The van der Waals surface area contributed by atoms with Crippen LogP contribution in [0.1, 0.15) is 5.56 Å². The van der Waals surface area contributed by atoms with E-state index < -0.39 is 0 Å². The SMILES string of the molecule is Cc1c[nH]c2c1cnc1ccccc12. The summed E-state index contributed by atoms with van der Waals surface area (Å²) in [4.78, 5) is 7.71. The van der Waals surface area contributed by atoms with E-state index >= 15 is 0 Å². The fourth-order valence-electron chi connectivity index (χ4n) is 1.85. The van der Waals surface area contributed by atoms with Crippen LogP contribution in [0, 0.1) is 6.92 Å². The third-order valence-corrected chi connectivity index (χ3v) is 2.63. The van der Waals surface area contributed by atoms with Gasteiger partial charge in [0.2, 0.25) is 0 Å². The summed E-state index contributed by atoms with van der Waals surface area (Å²) in [6.07, 6.45) is 3.96. The Labute approximate surface area is 81.6 Å². The number of benzene rings is 1. The van der Waals surface area contributed by atoms with Crippen LogP contribution in [-0.4, -0.2) is 9.97 Å². The summed E-state index contributed by atoms with van der Waals surface area (Å²) < 4.78 is 0. The van der Waals surface area contributed by atoms with E-state index in [4.69, 9.17) is 0 Å². The Hall–Kier alpha value is -1.83. The number of H-pyrrole nitrogens is 1. The summed E-state index contributed by atoms with van der Waals surface area (Å²) in [7, 11) is 0. The zero-order valence-electron chi connectivity index (χ0n) is 7.91. The highest BCUT2D eigenvalue weighted by atomic mass is 14.7. The molecule has 0 fully saturated rings. The number of nitrogens with zero attached hydrogens (tertiary/aromatic N) is 1. The summed E-state index contributed by atoms with van der Waals surface area (Å²) in [6, 6.07) is 8.18. The molecule has 1 aromatic carbocycles. The van der Waals surface area contributed by atoms with Crippen molar-refractivity contribution in [2.24, 2.45) is 0 Å². The van der Waals surface area contributed by atoms with Crippen LogP contribution in [-0.2, 0) is 0 Å². The summed E-state index contributed by atoms with van der Waals surface area (Å²) in [5.74, 6) is 0. The van der Waals surface area contributed by atoms with E-state index in [1.54, 1.807) is 0 Å². The molecule has 3 rings (SSSR count). The minimum atomic E-state index is 1.04. The molecule has 0 atom stereocenters. The average Bonchev–Trinajstić information content (AvgIpc) is 2.61. The van der Waals surface area contributed by atoms with Gasteiger partial charge in [0.1, 0.15) is 0 Å². The summed E-state index contributed by atoms with van der Waals surface area (Å²) in [5, 5.41) is 2.40. The second kappa shape index (κ2) is 2.58. The molecule has 0 aliphatic carbocycles. The van der Waals surface area contributed by atoms with E-state index in [0.717, 1.165) is 5.52 Å². The molecule has 2 aromatic heterocycles. The van der Waals surface area contributed by atoms with Crippen LogP contribution in [0.3, 0.4) is 0 Å². The van der Waals surface area contributed by atoms with Crippen molar-refractivity contribution < 1.29 is 0 Å². The van der Waals surface area contributed by atoms with Gasteiger partial charge >= 0.3 is 0 Å². The number of aromatic amines is 1. The first-order valence-corrected chi connectivity index (χ1v) is 4.68. The van der Waals surface area contributed by atoms with E-state index in [-0.39, 0.29) is 0 Å². The summed E-state index contributed by atoms with van der Waals surface area (Å²) in [6.45, 7) is 2.09. The molecule has 14 heavy (non-hydrogen) atoms. The number of rotatable bonds is 0. The van der Waals surface area contributed by atoms with Crippen LogP contribution in [0.25, 0.3) is 21.8 Å². The normalized spacial score (nSPS) is 11.2. The maximum absolute atomic E-state index is 4.42. The average molecular weight is 182 g/mol. The van der Waals surface area contributed by atoms with Crippen molar-refractivity contribution in [3.8, 4) is 0 Å². The van der Waals surface area contributed by atoms with Crippen LogP contribution in [0.2, 0.25) is 0 Å². The van der Waals surface area contributed by atoms with Crippen LogP contribution >= 0.6 is 0 Å². The minimum Gasteiger partial charge on any atom is -0.360 e. The van der Waals surface area contributed by atoms with Crippen molar-refractivity contribution in [3.05, 3.63) is 42.2 Å². The zero-order valence-corrected chi connectivity index (χ0v) is 7.91. The molecular weight excluding hydrogens is 172 g/mol. The van der Waals surface area contributed by atoms with Gasteiger partial charge in [-0.15, -0.1) is 0 Å². The standard InChI is InChI=1S/C12H10N2/c1-8-6-14-12-9-4-2-3-5-11(9)13-7-10(8)12/h2-7,14H,1H3. The van der Waals surface area contributed by atoms with Crippen molar-refractivity contribution >= 4 is 21.8 Å². The number of nitrogens with one attached hydrogen (secondary N) is 1. The highest BCUT2D eigenvalue weighted by molar-refractivity contribution is 6.04. The van der Waals surface area contributed by atoms with Crippen LogP contribution < -0.4 is 0 Å². The number of aryl methyl sites for hydroxylation is 1. The monoisotopic (exact) mass is 182 g/mol. The molecule has 3 aromatic rings. The molecule has 2 heterocycles. The largest absolute Gasteiger partial charge is 0.360 e. The second-order valence-corrected chi connectivity index (χ2v) is 3.54. The fourth-order valence-corrected chi connectivity index (χ4v) is 1.85. The Kier molecular flexibility index (Phi) is 1.39. The molecule has 0 unspecified atom stereocenters. The Morgan fingerprint density at radius 1 is 1.14 bits per heavy atom. The molecule has 0 bridgehead atoms. The number of aromatic nitrogens is 2. The lowest BCUT2D eigenvalue weighted by molar-refractivity contribution is 1.43. The molecule has 0 spiro atoms. The lowest BCUT2D eigenvalue weighted by atomic mass is 10.1. The summed E-state index contributed by atoms with van der Waals surface area (Å²) in [5.41, 5.74) is 3.48. The molecule has 0 aliphatic rings. The molecule has 2 heteroatoms. The van der Waals surface area contributed by atoms with Crippen LogP contribution in [0.4, 0.5) is 0 Å². The van der Waals surface area contributed by atoms with Crippen LogP contribution in [0.15, 0.2) is 36.7 Å². The smallest absolute Gasteiger partial charge is 0.0723 e. The number of pyridine rings is 1. The van der Waals surface area contributed by atoms with Gasteiger partial charge in [0.15, 0.2) is 0 Å². The first-order chi connectivity index (χ1) is 6.86. The molecule has 0 saturated heterocycles. The molecule has 0 saturated carbocycles. The lowest BCUT2D eigenvalue weighted by Crippen LogP contribution is -1.79. The van der Waals surface area contributed by atoms with E-state index in [1.807, 2.05) is 30.6 Å². The van der Waals surface area contributed by atoms with Gasteiger partial charge in [-0.05, 0) is 18.6 Å². The van der Waals surface area contributed by atoms with Crippen molar-refractivity contribution in [2.45, 2.75) is 6.92 Å². The molecule has 0 radical (unpaired) electrons. The third-order valence-electron chi connectivity index (χ3n) is 2.63. The second-order valence-electron chi connectivity index (χ2n) is 3.54. The third kappa shape index (κ3) is 0.880. The Morgan fingerprint density at radius 2 is 2.00 bits per heavy atom. The van der Waals surface area contributed by atoms with Crippen molar-refractivity contribution in [1.29, 1.82) is 0 Å². The van der Waals surface area contributed by atoms with E-state index in [9.17, 15) is 0 Å². The van der Waals surface area contributed by atoms with Gasteiger partial charge in [-0.2, -0.15) is 0 Å². The molecule has 2 nitrogen and oxygen atoms in total. The van der Waals surface area contributed by atoms with E-state index in [0.29, 0.717) is 0 Å². The van der Waals surface area contributed by atoms with E-state index in [1.165, 1.54) is 21.9 Å².